The molecule has 1 rings (SSSR count). The molecule has 0 bridgehead atoms. The second-order valence-electron chi connectivity index (χ2n) is 5.30. The topological polar surface area (TPSA) is 75.4 Å². The molecule has 0 fully saturated rings. The van der Waals surface area contributed by atoms with Crippen molar-refractivity contribution >= 4 is 5.91 Å². The van der Waals surface area contributed by atoms with Crippen LogP contribution < -0.4 is 11.1 Å². The molecule has 1 atom stereocenters. The number of nitrogens with one attached hydrogen (secondary N) is 1. The molecule has 1 unspecified atom stereocenters. The first-order valence-electron chi connectivity index (χ1n) is 6.80. The maximum Gasteiger partial charge on any atom is 0.237 e. The van der Waals surface area contributed by atoms with Crippen LogP contribution >= 0.6 is 0 Å². The van der Waals surface area contributed by atoms with E-state index in [4.69, 9.17) is 5.73 Å². The third kappa shape index (κ3) is 6.25. The summed E-state index contributed by atoms with van der Waals surface area (Å²) < 4.78 is 0. The van der Waals surface area contributed by atoms with E-state index >= 15 is 0 Å². The van der Waals surface area contributed by atoms with Crippen molar-refractivity contribution in [1.29, 1.82) is 0 Å². The zero-order chi connectivity index (χ0) is 14.3. The lowest BCUT2D eigenvalue weighted by atomic mass is 10.1. The number of aromatic hydroxyl groups is 1. The summed E-state index contributed by atoms with van der Waals surface area (Å²) in [5, 5.41) is 12.0. The van der Waals surface area contributed by atoms with Gasteiger partial charge < -0.3 is 16.2 Å². The first-order chi connectivity index (χ1) is 8.99. The van der Waals surface area contributed by atoms with E-state index in [9.17, 15) is 9.90 Å². The second-order valence-corrected chi connectivity index (χ2v) is 5.30. The number of hydrogen-bond donors (Lipinski definition) is 3. The first-order valence-corrected chi connectivity index (χ1v) is 6.80. The first kappa shape index (κ1) is 15.5. The average molecular weight is 264 g/mol. The maximum absolute atomic E-state index is 11.8. The number of nitrogens with two attached hydrogens (primary N) is 1. The van der Waals surface area contributed by atoms with Crippen LogP contribution in [0.2, 0.25) is 0 Å². The Morgan fingerprint density at radius 3 is 2.53 bits per heavy atom. The van der Waals surface area contributed by atoms with Crippen molar-refractivity contribution in [3.8, 4) is 5.75 Å². The number of benzene rings is 1. The average Bonchev–Trinajstić information content (AvgIpc) is 2.36. The smallest absolute Gasteiger partial charge is 0.237 e. The van der Waals surface area contributed by atoms with Gasteiger partial charge in [-0.25, -0.2) is 0 Å². The highest BCUT2D eigenvalue weighted by Crippen LogP contribution is 2.10. The van der Waals surface area contributed by atoms with Gasteiger partial charge in [0.15, 0.2) is 0 Å². The predicted octanol–water partition coefficient (Wildman–Crippen LogP) is 1.81. The van der Waals surface area contributed by atoms with E-state index in [1.165, 1.54) is 0 Å². The number of phenolic OH excluding ortho intramolecular Hbond substituents is 1. The Bertz CT molecular complexity index is 388. The third-order valence-electron chi connectivity index (χ3n) is 2.99. The molecule has 1 amide bonds. The molecule has 106 valence electrons. The van der Waals surface area contributed by atoms with Crippen LogP contribution in [0.5, 0.6) is 5.75 Å². The van der Waals surface area contributed by atoms with Gasteiger partial charge in [-0.3, -0.25) is 4.79 Å². The van der Waals surface area contributed by atoms with E-state index in [0.717, 1.165) is 18.4 Å². The molecule has 0 spiro atoms. The third-order valence-corrected chi connectivity index (χ3v) is 2.99. The molecule has 0 saturated heterocycles. The van der Waals surface area contributed by atoms with Crippen molar-refractivity contribution in [2.45, 2.75) is 39.2 Å². The van der Waals surface area contributed by atoms with Crippen LogP contribution in [-0.4, -0.2) is 23.6 Å². The molecule has 4 heteroatoms. The molecule has 1 aromatic rings. The van der Waals surface area contributed by atoms with Gasteiger partial charge in [-0.05, 0) is 42.9 Å². The lowest BCUT2D eigenvalue weighted by Gasteiger charge is -2.13. The molecule has 0 saturated carbocycles. The van der Waals surface area contributed by atoms with Gasteiger partial charge in [0.2, 0.25) is 5.91 Å². The summed E-state index contributed by atoms with van der Waals surface area (Å²) in [5.74, 6) is 0.759. The zero-order valence-electron chi connectivity index (χ0n) is 11.7. The summed E-state index contributed by atoms with van der Waals surface area (Å²) in [5.41, 5.74) is 6.80. The van der Waals surface area contributed by atoms with E-state index in [1.807, 2.05) is 0 Å². The van der Waals surface area contributed by atoms with Crippen molar-refractivity contribution in [2.75, 3.05) is 6.54 Å². The van der Waals surface area contributed by atoms with Gasteiger partial charge in [0, 0.05) is 6.54 Å². The van der Waals surface area contributed by atoms with Crippen molar-refractivity contribution in [3.05, 3.63) is 29.8 Å². The number of phenols is 1. The van der Waals surface area contributed by atoms with Gasteiger partial charge in [0.25, 0.3) is 0 Å². The molecule has 1 aromatic carbocycles. The fraction of sp³-hybridized carbons (Fsp3) is 0.533. The maximum atomic E-state index is 11.8. The van der Waals surface area contributed by atoms with Crippen LogP contribution in [0.25, 0.3) is 0 Å². The molecule has 0 aliphatic rings. The van der Waals surface area contributed by atoms with Crippen LogP contribution in [0.1, 0.15) is 32.3 Å². The molecule has 0 heterocycles. The number of carbonyl (C=O) groups excluding carboxylic acids is 1. The van der Waals surface area contributed by atoms with E-state index in [2.05, 4.69) is 19.2 Å². The Morgan fingerprint density at radius 1 is 1.32 bits per heavy atom. The van der Waals surface area contributed by atoms with Crippen molar-refractivity contribution in [2.24, 2.45) is 11.7 Å². The minimum atomic E-state index is -0.538. The fourth-order valence-corrected chi connectivity index (χ4v) is 1.83. The molecule has 0 aliphatic carbocycles. The van der Waals surface area contributed by atoms with Gasteiger partial charge in [-0.15, -0.1) is 0 Å². The van der Waals surface area contributed by atoms with Gasteiger partial charge in [0.05, 0.1) is 6.04 Å². The van der Waals surface area contributed by atoms with Crippen molar-refractivity contribution in [3.63, 3.8) is 0 Å². The van der Waals surface area contributed by atoms with E-state index in [-0.39, 0.29) is 11.7 Å². The summed E-state index contributed by atoms with van der Waals surface area (Å²) in [7, 11) is 0. The molecule has 4 nitrogen and oxygen atoms in total. The highest BCUT2D eigenvalue weighted by atomic mass is 16.3. The fourth-order valence-electron chi connectivity index (χ4n) is 1.83. The summed E-state index contributed by atoms with van der Waals surface area (Å²) in [6.45, 7) is 5.01. The molecule has 19 heavy (non-hydrogen) atoms. The highest BCUT2D eigenvalue weighted by Gasteiger charge is 2.13. The molecule has 0 aromatic heterocycles. The van der Waals surface area contributed by atoms with E-state index in [0.29, 0.717) is 18.9 Å². The van der Waals surface area contributed by atoms with Crippen molar-refractivity contribution in [1.82, 2.24) is 5.32 Å². The molecule has 0 aliphatic heterocycles. The highest BCUT2D eigenvalue weighted by molar-refractivity contribution is 5.81. The van der Waals surface area contributed by atoms with Crippen LogP contribution in [0.3, 0.4) is 0 Å². The molecule has 4 N–H and O–H groups in total. The minimum absolute atomic E-state index is 0.114. The van der Waals surface area contributed by atoms with Crippen LogP contribution in [0.15, 0.2) is 24.3 Å². The number of carbonyl (C=O) groups is 1. The largest absolute Gasteiger partial charge is 0.508 e. The Labute approximate surface area is 115 Å². The van der Waals surface area contributed by atoms with Gasteiger partial charge in [0.1, 0.15) is 5.75 Å². The Balaban J connectivity index is 2.30. The van der Waals surface area contributed by atoms with Crippen LogP contribution in [0, 0.1) is 5.92 Å². The lowest BCUT2D eigenvalue weighted by molar-refractivity contribution is -0.122. The summed E-state index contributed by atoms with van der Waals surface area (Å²) in [6, 6.07) is 6.22. The van der Waals surface area contributed by atoms with E-state index in [1.54, 1.807) is 24.3 Å². The van der Waals surface area contributed by atoms with Crippen LogP contribution in [-0.2, 0) is 11.2 Å². The second kappa shape index (κ2) is 7.79. The normalized spacial score (nSPS) is 12.4. The minimum Gasteiger partial charge on any atom is -0.508 e. The standard InChI is InChI=1S/C15H24N2O2/c1-11(2)4-3-9-17-15(19)14(16)10-12-5-7-13(18)8-6-12/h5-8,11,14,18H,3-4,9-10,16H2,1-2H3,(H,17,19). The lowest BCUT2D eigenvalue weighted by Crippen LogP contribution is -2.42. The number of rotatable bonds is 7. The number of hydrogen-bond acceptors (Lipinski definition) is 3. The SMILES string of the molecule is CC(C)CCCNC(=O)C(N)Cc1ccc(O)cc1. The van der Waals surface area contributed by atoms with Gasteiger partial charge in [-0.2, -0.15) is 0 Å². The zero-order valence-corrected chi connectivity index (χ0v) is 11.7. The molecular formula is C15H24N2O2. The Kier molecular flexibility index (Phi) is 6.36. The summed E-state index contributed by atoms with van der Waals surface area (Å²) in [6.07, 6.45) is 2.57. The van der Waals surface area contributed by atoms with Gasteiger partial charge >= 0.3 is 0 Å². The number of amides is 1. The summed E-state index contributed by atoms with van der Waals surface area (Å²) in [4.78, 5) is 11.8. The monoisotopic (exact) mass is 264 g/mol. The quantitative estimate of drug-likeness (QED) is 0.657. The summed E-state index contributed by atoms with van der Waals surface area (Å²) >= 11 is 0. The Hall–Kier alpha value is -1.55. The predicted molar refractivity (Wildman–Crippen MR) is 76.9 cm³/mol. The molecular weight excluding hydrogens is 240 g/mol. The van der Waals surface area contributed by atoms with Crippen molar-refractivity contribution < 1.29 is 9.90 Å². The van der Waals surface area contributed by atoms with Crippen LogP contribution in [0.4, 0.5) is 0 Å². The van der Waals surface area contributed by atoms with Gasteiger partial charge in [-0.1, -0.05) is 26.0 Å². The van der Waals surface area contributed by atoms with E-state index < -0.39 is 6.04 Å². The molecule has 0 radical (unpaired) electrons. The Morgan fingerprint density at radius 2 is 1.95 bits per heavy atom.